The topological polar surface area (TPSA) is 69.2 Å². The first-order chi connectivity index (χ1) is 10.4. The fourth-order valence-electron chi connectivity index (χ4n) is 1.56. The third-order valence-electron chi connectivity index (χ3n) is 2.42. The Morgan fingerprint density at radius 2 is 2.05 bits per heavy atom. The van der Waals surface area contributed by atoms with Gasteiger partial charge in [0.25, 0.3) is 0 Å². The average Bonchev–Trinajstić information content (AvgIpc) is 2.43. The molecular formula is C16H24N2O4. The molecule has 1 amide bonds. The van der Waals surface area contributed by atoms with Crippen molar-refractivity contribution in [1.29, 1.82) is 0 Å². The summed E-state index contributed by atoms with van der Waals surface area (Å²) < 4.78 is 15.9. The highest BCUT2D eigenvalue weighted by atomic mass is 16.6. The van der Waals surface area contributed by atoms with Gasteiger partial charge < -0.3 is 14.2 Å². The Bertz CT molecular complexity index is 521. The summed E-state index contributed by atoms with van der Waals surface area (Å²) in [5.74, 6) is 1.30. The van der Waals surface area contributed by atoms with Crippen molar-refractivity contribution >= 4 is 12.3 Å². The number of amides is 1. The van der Waals surface area contributed by atoms with Gasteiger partial charge in [-0.3, -0.25) is 0 Å². The average molecular weight is 308 g/mol. The van der Waals surface area contributed by atoms with Crippen LogP contribution in [0, 0.1) is 0 Å². The lowest BCUT2D eigenvalue weighted by atomic mass is 10.2. The van der Waals surface area contributed by atoms with E-state index in [2.05, 4.69) is 10.5 Å². The van der Waals surface area contributed by atoms with Gasteiger partial charge in [-0.25, -0.2) is 10.2 Å². The molecule has 0 spiro atoms. The molecule has 1 aromatic rings. The van der Waals surface area contributed by atoms with Crippen molar-refractivity contribution in [3.05, 3.63) is 23.8 Å². The Balaban J connectivity index is 2.65. The molecule has 0 atom stereocenters. The SMILES string of the molecule is CCCOc1ccc(/C=N/NC(=O)OC(C)(C)C)cc1OC. The number of carbonyl (C=O) groups excluding carboxylic acids is 1. The van der Waals surface area contributed by atoms with Crippen molar-refractivity contribution in [2.45, 2.75) is 39.7 Å². The number of benzene rings is 1. The largest absolute Gasteiger partial charge is 0.493 e. The minimum absolute atomic E-state index is 0.554. The van der Waals surface area contributed by atoms with E-state index in [4.69, 9.17) is 14.2 Å². The molecule has 0 aliphatic carbocycles. The number of rotatable bonds is 6. The summed E-state index contributed by atoms with van der Waals surface area (Å²) in [5, 5.41) is 3.85. The van der Waals surface area contributed by atoms with Crippen LogP contribution in [-0.4, -0.2) is 31.6 Å². The number of methoxy groups -OCH3 is 1. The van der Waals surface area contributed by atoms with E-state index in [0.717, 1.165) is 12.0 Å². The lowest BCUT2D eigenvalue weighted by Gasteiger charge is -2.18. The first-order valence-electron chi connectivity index (χ1n) is 7.18. The molecule has 0 heterocycles. The predicted octanol–water partition coefficient (Wildman–Crippen LogP) is 3.34. The summed E-state index contributed by atoms with van der Waals surface area (Å²) in [7, 11) is 1.58. The molecule has 0 saturated heterocycles. The van der Waals surface area contributed by atoms with E-state index in [9.17, 15) is 4.79 Å². The van der Waals surface area contributed by atoms with Crippen molar-refractivity contribution in [2.75, 3.05) is 13.7 Å². The Labute approximate surface area is 131 Å². The van der Waals surface area contributed by atoms with Crippen LogP contribution in [0.2, 0.25) is 0 Å². The lowest BCUT2D eigenvalue weighted by Crippen LogP contribution is -2.29. The summed E-state index contributed by atoms with van der Waals surface area (Å²) >= 11 is 0. The number of carbonyl (C=O) groups is 1. The minimum Gasteiger partial charge on any atom is -0.493 e. The Morgan fingerprint density at radius 1 is 1.32 bits per heavy atom. The zero-order valence-corrected chi connectivity index (χ0v) is 13.8. The first kappa shape index (κ1) is 17.8. The van der Waals surface area contributed by atoms with E-state index in [1.165, 1.54) is 6.21 Å². The van der Waals surface area contributed by atoms with Gasteiger partial charge in [0.15, 0.2) is 11.5 Å². The maximum absolute atomic E-state index is 11.5. The fourth-order valence-corrected chi connectivity index (χ4v) is 1.56. The Hall–Kier alpha value is -2.24. The number of hydrazone groups is 1. The molecule has 0 unspecified atom stereocenters. The second-order valence-electron chi connectivity index (χ2n) is 5.63. The van der Waals surface area contributed by atoms with E-state index < -0.39 is 11.7 Å². The zero-order chi connectivity index (χ0) is 16.6. The van der Waals surface area contributed by atoms with Gasteiger partial charge in [-0.1, -0.05) is 6.92 Å². The molecule has 0 bridgehead atoms. The van der Waals surface area contributed by atoms with E-state index in [-0.39, 0.29) is 0 Å². The van der Waals surface area contributed by atoms with Gasteiger partial charge in [0.1, 0.15) is 5.60 Å². The number of hydrogen-bond acceptors (Lipinski definition) is 5. The van der Waals surface area contributed by atoms with E-state index in [0.29, 0.717) is 18.1 Å². The lowest BCUT2D eigenvalue weighted by molar-refractivity contribution is 0.0529. The third kappa shape index (κ3) is 6.47. The van der Waals surface area contributed by atoms with E-state index >= 15 is 0 Å². The van der Waals surface area contributed by atoms with Crippen LogP contribution in [0.5, 0.6) is 11.5 Å². The molecular weight excluding hydrogens is 284 g/mol. The molecule has 0 aliphatic rings. The van der Waals surface area contributed by atoms with Crippen LogP contribution in [0.15, 0.2) is 23.3 Å². The Kier molecular flexibility index (Phi) is 6.69. The van der Waals surface area contributed by atoms with Crippen molar-refractivity contribution in [2.24, 2.45) is 5.10 Å². The van der Waals surface area contributed by atoms with Gasteiger partial charge >= 0.3 is 6.09 Å². The number of nitrogens with one attached hydrogen (secondary N) is 1. The molecule has 1 N–H and O–H groups in total. The first-order valence-corrected chi connectivity index (χ1v) is 7.18. The quantitative estimate of drug-likeness (QED) is 0.646. The van der Waals surface area contributed by atoms with E-state index in [1.54, 1.807) is 33.9 Å². The highest BCUT2D eigenvalue weighted by Gasteiger charge is 2.15. The molecule has 6 heteroatoms. The van der Waals surface area contributed by atoms with Crippen molar-refractivity contribution < 1.29 is 19.0 Å². The summed E-state index contributed by atoms with van der Waals surface area (Å²) in [6.45, 7) is 8.03. The van der Waals surface area contributed by atoms with Crippen molar-refractivity contribution in [1.82, 2.24) is 5.43 Å². The standard InChI is InChI=1S/C16H24N2O4/c1-6-9-21-13-8-7-12(10-14(13)20-5)11-17-18-15(19)22-16(2,3)4/h7-8,10-11H,6,9H2,1-5H3,(H,18,19)/b17-11+. The van der Waals surface area contributed by atoms with Crippen LogP contribution < -0.4 is 14.9 Å². The van der Waals surface area contributed by atoms with Gasteiger partial charge in [0.05, 0.1) is 19.9 Å². The summed E-state index contributed by atoms with van der Waals surface area (Å²) in [4.78, 5) is 11.5. The van der Waals surface area contributed by atoms with Gasteiger partial charge in [0.2, 0.25) is 0 Å². The summed E-state index contributed by atoms with van der Waals surface area (Å²) in [6, 6.07) is 5.42. The minimum atomic E-state index is -0.599. The molecule has 6 nitrogen and oxygen atoms in total. The Morgan fingerprint density at radius 3 is 2.64 bits per heavy atom. The zero-order valence-electron chi connectivity index (χ0n) is 13.8. The molecule has 122 valence electrons. The second kappa shape index (κ2) is 8.26. The molecule has 22 heavy (non-hydrogen) atoms. The van der Waals surface area contributed by atoms with Gasteiger partial charge in [-0.2, -0.15) is 5.10 Å². The summed E-state index contributed by atoms with van der Waals surface area (Å²) in [5.41, 5.74) is 2.53. The number of ether oxygens (including phenoxy) is 3. The highest BCUT2D eigenvalue weighted by molar-refractivity contribution is 5.82. The second-order valence-corrected chi connectivity index (χ2v) is 5.63. The molecule has 1 aromatic carbocycles. The van der Waals surface area contributed by atoms with Gasteiger partial charge in [-0.05, 0) is 51.0 Å². The van der Waals surface area contributed by atoms with E-state index in [1.807, 2.05) is 19.1 Å². The summed E-state index contributed by atoms with van der Waals surface area (Å²) in [6.07, 6.45) is 1.83. The van der Waals surface area contributed by atoms with Crippen LogP contribution in [0.1, 0.15) is 39.7 Å². The smallest absolute Gasteiger partial charge is 0.428 e. The van der Waals surface area contributed by atoms with Crippen LogP contribution in [0.25, 0.3) is 0 Å². The molecule has 0 saturated carbocycles. The fraction of sp³-hybridized carbons (Fsp3) is 0.500. The predicted molar refractivity (Wildman–Crippen MR) is 85.7 cm³/mol. The number of hydrogen-bond donors (Lipinski definition) is 1. The van der Waals surface area contributed by atoms with Crippen LogP contribution in [0.4, 0.5) is 4.79 Å². The molecule has 0 aromatic heterocycles. The monoisotopic (exact) mass is 308 g/mol. The van der Waals surface area contributed by atoms with Crippen LogP contribution >= 0.6 is 0 Å². The molecule has 0 fully saturated rings. The van der Waals surface area contributed by atoms with Crippen LogP contribution in [0.3, 0.4) is 0 Å². The molecule has 1 rings (SSSR count). The maximum atomic E-state index is 11.5. The highest BCUT2D eigenvalue weighted by Crippen LogP contribution is 2.27. The normalized spacial score (nSPS) is 11.3. The van der Waals surface area contributed by atoms with Crippen LogP contribution in [-0.2, 0) is 4.74 Å². The van der Waals surface area contributed by atoms with Crippen molar-refractivity contribution in [3.8, 4) is 11.5 Å². The third-order valence-corrected chi connectivity index (χ3v) is 2.42. The molecule has 0 radical (unpaired) electrons. The van der Waals surface area contributed by atoms with Gasteiger partial charge in [0, 0.05) is 0 Å². The maximum Gasteiger partial charge on any atom is 0.428 e. The number of nitrogens with zero attached hydrogens (tertiary/aromatic N) is 1. The van der Waals surface area contributed by atoms with Gasteiger partial charge in [-0.15, -0.1) is 0 Å². The van der Waals surface area contributed by atoms with Crippen molar-refractivity contribution in [3.63, 3.8) is 0 Å². The molecule has 0 aliphatic heterocycles.